The average molecular weight is 557 g/mol. The Bertz CT molecular complexity index is 801. The molecule has 0 atom stereocenters. The molecule has 0 bridgehead atoms. The predicted octanol–water partition coefficient (Wildman–Crippen LogP) is 7.45. The van der Waals surface area contributed by atoms with Crippen molar-refractivity contribution in [2.75, 3.05) is 0 Å². The van der Waals surface area contributed by atoms with Gasteiger partial charge in [0.1, 0.15) is 18.1 Å². The van der Waals surface area contributed by atoms with Crippen molar-refractivity contribution in [3.63, 3.8) is 0 Å². The zero-order valence-corrected chi connectivity index (χ0v) is 20.9. The lowest BCUT2D eigenvalue weighted by molar-refractivity contribution is -0.118. The Kier molecular flexibility index (Phi) is 10.00. The van der Waals surface area contributed by atoms with E-state index in [1.807, 2.05) is 6.92 Å². The van der Waals surface area contributed by atoms with Crippen LogP contribution >= 0.6 is 38.5 Å². The first-order chi connectivity index (χ1) is 13.5. The second-order valence-electron chi connectivity index (χ2n) is 7.07. The number of ketones is 1. The number of carbonyl (C=O) groups excluding carboxylic acids is 1. The molecule has 2 aromatic rings. The summed E-state index contributed by atoms with van der Waals surface area (Å²) in [7, 11) is 0. The fourth-order valence-electron chi connectivity index (χ4n) is 3.26. The van der Waals surface area contributed by atoms with E-state index in [-0.39, 0.29) is 0 Å². The summed E-state index contributed by atoms with van der Waals surface area (Å²) in [5.74, 6) is 1.20. The minimum Gasteiger partial charge on any atom is -0.488 e. The van der Waals surface area contributed by atoms with Crippen molar-refractivity contribution >= 4 is 44.3 Å². The number of unbranched alkanes of at least 4 members (excludes halogenated alkanes) is 1. The number of aryl methyl sites for hydroxylation is 3. The second kappa shape index (κ2) is 12.0. The molecule has 0 aromatic heterocycles. The lowest BCUT2D eigenvalue weighted by atomic mass is 9.94. The van der Waals surface area contributed by atoms with Gasteiger partial charge < -0.3 is 4.74 Å². The van der Waals surface area contributed by atoms with E-state index in [0.29, 0.717) is 25.2 Å². The summed E-state index contributed by atoms with van der Waals surface area (Å²) in [4.78, 5) is 11.8. The topological polar surface area (TPSA) is 26.3 Å². The van der Waals surface area contributed by atoms with Gasteiger partial charge >= 0.3 is 0 Å². The van der Waals surface area contributed by atoms with Crippen LogP contribution in [0.15, 0.2) is 34.8 Å². The standard InChI is InChI=1S/C24H30BrIO2/c1-4-7-9-18-10-8-11-19(12-13-20(27)6-3)21(18)16-28-24-15-23(26)17(5-2)14-22(24)25/h8,10-11,14-15H,4-7,9,12-13,16H2,1-3H3. The Labute approximate surface area is 191 Å². The van der Waals surface area contributed by atoms with Gasteiger partial charge in [-0.15, -0.1) is 0 Å². The smallest absolute Gasteiger partial charge is 0.135 e. The lowest BCUT2D eigenvalue weighted by Crippen LogP contribution is -2.07. The quantitative estimate of drug-likeness (QED) is 0.269. The maximum Gasteiger partial charge on any atom is 0.135 e. The second-order valence-corrected chi connectivity index (χ2v) is 9.08. The van der Waals surface area contributed by atoms with Crippen LogP contribution in [-0.4, -0.2) is 5.78 Å². The van der Waals surface area contributed by atoms with Gasteiger partial charge in [0.15, 0.2) is 0 Å². The first kappa shape index (κ1) is 23.4. The zero-order chi connectivity index (χ0) is 20.5. The van der Waals surface area contributed by atoms with Crippen LogP contribution in [0.3, 0.4) is 0 Å². The van der Waals surface area contributed by atoms with E-state index in [4.69, 9.17) is 4.74 Å². The molecule has 0 radical (unpaired) electrons. The summed E-state index contributed by atoms with van der Waals surface area (Å²) in [6, 6.07) is 10.7. The maximum absolute atomic E-state index is 11.8. The van der Waals surface area contributed by atoms with Crippen molar-refractivity contribution in [2.24, 2.45) is 0 Å². The molecule has 0 amide bonds. The van der Waals surface area contributed by atoms with Crippen LogP contribution in [0.1, 0.15) is 68.7 Å². The summed E-state index contributed by atoms with van der Waals surface area (Å²) in [5.41, 5.74) is 5.16. The molecule has 2 rings (SSSR count). The molecule has 0 aliphatic heterocycles. The van der Waals surface area contributed by atoms with Gasteiger partial charge in [-0.3, -0.25) is 4.79 Å². The van der Waals surface area contributed by atoms with Crippen LogP contribution in [0.4, 0.5) is 0 Å². The number of benzene rings is 2. The van der Waals surface area contributed by atoms with E-state index in [2.05, 4.69) is 82.7 Å². The van der Waals surface area contributed by atoms with Crippen LogP contribution in [-0.2, 0) is 30.7 Å². The van der Waals surface area contributed by atoms with Gasteiger partial charge in [-0.1, -0.05) is 45.4 Å². The normalized spacial score (nSPS) is 10.9. The van der Waals surface area contributed by atoms with Crippen LogP contribution < -0.4 is 4.74 Å². The van der Waals surface area contributed by atoms with Gasteiger partial charge in [-0.25, -0.2) is 0 Å². The number of hydrogen-bond acceptors (Lipinski definition) is 2. The van der Waals surface area contributed by atoms with E-state index in [9.17, 15) is 4.79 Å². The molecule has 0 unspecified atom stereocenters. The SMILES string of the molecule is CCCCc1cccc(CCC(=O)CC)c1COc1cc(I)c(CC)cc1Br. The van der Waals surface area contributed by atoms with Gasteiger partial charge in [0.2, 0.25) is 0 Å². The Balaban J connectivity index is 2.26. The van der Waals surface area contributed by atoms with Gasteiger partial charge in [0, 0.05) is 16.4 Å². The van der Waals surface area contributed by atoms with Gasteiger partial charge in [-0.05, 0) is 98.6 Å². The Morgan fingerprint density at radius 1 is 1.07 bits per heavy atom. The fraction of sp³-hybridized carbons (Fsp3) is 0.458. The summed E-state index contributed by atoms with van der Waals surface area (Å²) < 4.78 is 8.49. The number of carbonyl (C=O) groups is 1. The average Bonchev–Trinajstić information content (AvgIpc) is 2.71. The molecule has 2 nitrogen and oxygen atoms in total. The largest absolute Gasteiger partial charge is 0.488 e. The highest BCUT2D eigenvalue weighted by Crippen LogP contribution is 2.31. The molecule has 2 aromatic carbocycles. The van der Waals surface area contributed by atoms with Crippen molar-refractivity contribution in [2.45, 2.75) is 72.3 Å². The molecule has 0 saturated heterocycles. The molecule has 4 heteroatoms. The molecule has 28 heavy (non-hydrogen) atoms. The minimum absolute atomic E-state index is 0.318. The molecule has 0 spiro atoms. The number of Topliss-reactive ketones (excluding diaryl/α,β-unsaturated/α-hetero) is 1. The van der Waals surface area contributed by atoms with Crippen molar-refractivity contribution < 1.29 is 9.53 Å². The number of halogens is 2. The van der Waals surface area contributed by atoms with Crippen molar-refractivity contribution in [1.29, 1.82) is 0 Å². The molecule has 0 heterocycles. The highest BCUT2D eigenvalue weighted by Gasteiger charge is 2.13. The van der Waals surface area contributed by atoms with Crippen LogP contribution in [0, 0.1) is 3.57 Å². The van der Waals surface area contributed by atoms with E-state index < -0.39 is 0 Å². The molecule has 0 saturated carbocycles. The third-order valence-electron chi connectivity index (χ3n) is 5.09. The van der Waals surface area contributed by atoms with Crippen LogP contribution in [0.25, 0.3) is 0 Å². The molecular weight excluding hydrogens is 527 g/mol. The van der Waals surface area contributed by atoms with Crippen molar-refractivity contribution in [1.82, 2.24) is 0 Å². The highest BCUT2D eigenvalue weighted by molar-refractivity contribution is 14.1. The third-order valence-corrected chi connectivity index (χ3v) is 6.71. The lowest BCUT2D eigenvalue weighted by Gasteiger charge is -2.17. The number of ether oxygens (including phenoxy) is 1. The maximum atomic E-state index is 11.8. The molecule has 0 aliphatic carbocycles. The predicted molar refractivity (Wildman–Crippen MR) is 129 cm³/mol. The zero-order valence-electron chi connectivity index (χ0n) is 17.1. The van der Waals surface area contributed by atoms with E-state index >= 15 is 0 Å². The Morgan fingerprint density at radius 3 is 2.43 bits per heavy atom. The molecule has 152 valence electrons. The summed E-state index contributed by atoms with van der Waals surface area (Å²) in [5, 5.41) is 0. The Morgan fingerprint density at radius 2 is 1.79 bits per heavy atom. The fourth-order valence-corrected chi connectivity index (χ4v) is 4.59. The van der Waals surface area contributed by atoms with Crippen molar-refractivity contribution in [3.05, 3.63) is 60.6 Å². The van der Waals surface area contributed by atoms with Crippen LogP contribution in [0.2, 0.25) is 0 Å². The number of hydrogen-bond donors (Lipinski definition) is 0. The molecule has 0 aliphatic rings. The highest BCUT2D eigenvalue weighted by atomic mass is 127. The van der Waals surface area contributed by atoms with E-state index in [0.717, 1.165) is 35.9 Å². The van der Waals surface area contributed by atoms with Crippen molar-refractivity contribution in [3.8, 4) is 5.75 Å². The van der Waals surface area contributed by atoms with E-state index in [1.54, 1.807) is 0 Å². The van der Waals surface area contributed by atoms with Gasteiger partial charge in [0.25, 0.3) is 0 Å². The van der Waals surface area contributed by atoms with Gasteiger partial charge in [-0.2, -0.15) is 0 Å². The molecule has 0 N–H and O–H groups in total. The minimum atomic E-state index is 0.318. The monoisotopic (exact) mass is 556 g/mol. The van der Waals surface area contributed by atoms with Crippen LogP contribution in [0.5, 0.6) is 5.75 Å². The first-order valence-electron chi connectivity index (χ1n) is 10.2. The number of rotatable bonds is 11. The Hall–Kier alpha value is -0.880. The third kappa shape index (κ3) is 6.58. The first-order valence-corrected chi connectivity index (χ1v) is 12.1. The van der Waals surface area contributed by atoms with Gasteiger partial charge in [0.05, 0.1) is 4.47 Å². The summed E-state index contributed by atoms with van der Waals surface area (Å²) >= 11 is 6.04. The molecule has 0 fully saturated rings. The summed E-state index contributed by atoms with van der Waals surface area (Å²) in [6.07, 6.45) is 6.39. The van der Waals surface area contributed by atoms with E-state index in [1.165, 1.54) is 32.2 Å². The molecular formula is C24H30BrIO2. The summed E-state index contributed by atoms with van der Waals surface area (Å²) in [6.45, 7) is 6.85.